The van der Waals surface area contributed by atoms with Crippen LogP contribution >= 0.6 is 11.6 Å². The van der Waals surface area contributed by atoms with Crippen molar-refractivity contribution in [1.82, 2.24) is 29.8 Å². The number of carbonyl (C=O) groups excluding carboxylic acids is 2. The molecule has 0 amide bonds. The number of aromatic nitrogens is 6. The average Bonchev–Trinajstić information content (AvgIpc) is 3.35. The average molecular weight is 481 g/mol. The number of benzene rings is 2. The summed E-state index contributed by atoms with van der Waals surface area (Å²) in [6.07, 6.45) is -1.07. The van der Waals surface area contributed by atoms with E-state index in [1.807, 2.05) is 48.5 Å². The van der Waals surface area contributed by atoms with Crippen LogP contribution in [0.3, 0.4) is 0 Å². The maximum Gasteiger partial charge on any atom is 0.361 e. The van der Waals surface area contributed by atoms with Gasteiger partial charge in [-0.05, 0) is 40.6 Å². The molecule has 0 saturated heterocycles. The Balaban J connectivity index is 1.69. The minimum Gasteiger partial charge on any atom is -0.426 e. The van der Waals surface area contributed by atoms with Gasteiger partial charge in [0.2, 0.25) is 6.29 Å². The lowest BCUT2D eigenvalue weighted by Gasteiger charge is -2.15. The number of rotatable bonds is 6. The van der Waals surface area contributed by atoms with Crippen molar-refractivity contribution >= 4 is 23.5 Å². The van der Waals surface area contributed by atoms with Crippen molar-refractivity contribution in [3.05, 3.63) is 65.2 Å². The van der Waals surface area contributed by atoms with E-state index < -0.39 is 18.2 Å². The van der Waals surface area contributed by atoms with E-state index in [-0.39, 0.29) is 10.8 Å². The van der Waals surface area contributed by atoms with E-state index in [1.165, 1.54) is 13.8 Å². The zero-order chi connectivity index (χ0) is 24.4. The summed E-state index contributed by atoms with van der Waals surface area (Å²) in [6.45, 7) is 4.40. The molecule has 0 bridgehead atoms. The molecule has 0 aliphatic rings. The quantitative estimate of drug-likeness (QED) is 0.302. The monoisotopic (exact) mass is 480 g/mol. The van der Waals surface area contributed by atoms with Gasteiger partial charge in [-0.3, -0.25) is 9.36 Å². The van der Waals surface area contributed by atoms with Gasteiger partial charge in [0.1, 0.15) is 5.82 Å². The summed E-state index contributed by atoms with van der Waals surface area (Å²) in [5.41, 5.74) is 3.45. The lowest BCUT2D eigenvalue weighted by molar-refractivity contribution is -0.162. The molecule has 0 saturated carbocycles. The van der Waals surface area contributed by atoms with E-state index in [0.717, 1.165) is 16.7 Å². The van der Waals surface area contributed by atoms with E-state index >= 15 is 0 Å². The van der Waals surface area contributed by atoms with E-state index in [0.29, 0.717) is 17.3 Å². The molecule has 0 spiro atoms. The van der Waals surface area contributed by atoms with Gasteiger partial charge in [0.25, 0.3) is 0 Å². The first-order valence-electron chi connectivity index (χ1n) is 10.3. The Hall–Kier alpha value is -4.05. The molecule has 0 radical (unpaired) electrons. The number of imidazole rings is 1. The first-order chi connectivity index (χ1) is 16.3. The third-order valence-electron chi connectivity index (χ3n) is 5.03. The van der Waals surface area contributed by atoms with Crippen LogP contribution in [0.4, 0.5) is 0 Å². The summed E-state index contributed by atoms with van der Waals surface area (Å²) in [5, 5.41) is 11.8. The minimum absolute atomic E-state index is 0.0123. The van der Waals surface area contributed by atoms with Crippen molar-refractivity contribution in [3.8, 4) is 28.2 Å². The second-order valence-corrected chi connectivity index (χ2v) is 7.79. The second-order valence-electron chi connectivity index (χ2n) is 7.43. The maximum absolute atomic E-state index is 12.8. The van der Waals surface area contributed by atoms with Crippen LogP contribution in [0.25, 0.3) is 28.2 Å². The minimum atomic E-state index is -1.07. The molecule has 2 heterocycles. The molecule has 1 atom stereocenters. The Morgan fingerprint density at radius 3 is 2.32 bits per heavy atom. The molecular formula is C23H21ClN6O4. The number of tetrazole rings is 1. The lowest BCUT2D eigenvalue weighted by atomic mass is 9.99. The SMILES string of the molecule is CC(=O)OC(C)OC(=O)c1c(Cl)nc(C)n1-c1ccc(-c2ccccc2-c2nnnn2C)cc1. The molecule has 4 aromatic rings. The van der Waals surface area contributed by atoms with Crippen molar-refractivity contribution in [2.45, 2.75) is 27.1 Å². The molecule has 4 rings (SSSR count). The topological polar surface area (TPSA) is 114 Å². The first-order valence-corrected chi connectivity index (χ1v) is 10.7. The van der Waals surface area contributed by atoms with Crippen LogP contribution in [0, 0.1) is 6.92 Å². The molecule has 34 heavy (non-hydrogen) atoms. The van der Waals surface area contributed by atoms with E-state index in [4.69, 9.17) is 21.1 Å². The van der Waals surface area contributed by atoms with Crippen LogP contribution < -0.4 is 0 Å². The van der Waals surface area contributed by atoms with Crippen LogP contribution in [0.15, 0.2) is 48.5 Å². The number of nitrogens with zero attached hydrogens (tertiary/aromatic N) is 6. The number of esters is 2. The fraction of sp³-hybridized carbons (Fsp3) is 0.217. The van der Waals surface area contributed by atoms with Gasteiger partial charge < -0.3 is 9.47 Å². The normalized spacial score (nSPS) is 11.8. The van der Waals surface area contributed by atoms with Crippen molar-refractivity contribution in [2.24, 2.45) is 7.05 Å². The fourth-order valence-electron chi connectivity index (χ4n) is 3.63. The maximum atomic E-state index is 12.8. The Bertz CT molecular complexity index is 1360. The molecule has 0 fully saturated rings. The Morgan fingerprint density at radius 1 is 1.03 bits per heavy atom. The molecule has 174 valence electrons. The van der Waals surface area contributed by atoms with Crippen LogP contribution in [0.5, 0.6) is 0 Å². The van der Waals surface area contributed by atoms with Gasteiger partial charge in [-0.1, -0.05) is 48.0 Å². The number of aryl methyl sites for hydroxylation is 2. The highest BCUT2D eigenvalue weighted by molar-refractivity contribution is 6.32. The number of carbonyl (C=O) groups is 2. The molecule has 2 aromatic carbocycles. The fourth-order valence-corrected chi connectivity index (χ4v) is 3.92. The predicted molar refractivity (Wildman–Crippen MR) is 123 cm³/mol. The Kier molecular flexibility index (Phi) is 6.42. The van der Waals surface area contributed by atoms with Gasteiger partial charge in [0.05, 0.1) is 0 Å². The third-order valence-corrected chi connectivity index (χ3v) is 5.29. The smallest absolute Gasteiger partial charge is 0.361 e. The van der Waals surface area contributed by atoms with Crippen LogP contribution in [0.1, 0.15) is 30.2 Å². The zero-order valence-corrected chi connectivity index (χ0v) is 19.6. The number of hydrogen-bond donors (Lipinski definition) is 0. The standard InChI is InChI=1S/C23H21ClN6O4/c1-13-25-21(24)20(23(32)34-15(3)33-14(2)31)30(13)17-11-9-16(10-12-17)18-7-5-6-8-19(18)22-26-27-28-29(22)4/h5-12,15H,1-4H3. The molecule has 11 heteroatoms. The highest BCUT2D eigenvalue weighted by atomic mass is 35.5. The summed E-state index contributed by atoms with van der Waals surface area (Å²) >= 11 is 6.24. The highest BCUT2D eigenvalue weighted by Crippen LogP contribution is 2.32. The zero-order valence-electron chi connectivity index (χ0n) is 18.9. The predicted octanol–water partition coefficient (Wildman–Crippen LogP) is 3.76. The summed E-state index contributed by atoms with van der Waals surface area (Å²) in [5.74, 6) is -0.188. The molecule has 10 nitrogen and oxygen atoms in total. The molecule has 0 N–H and O–H groups in total. The van der Waals surface area contributed by atoms with E-state index in [1.54, 1.807) is 23.2 Å². The van der Waals surface area contributed by atoms with Crippen molar-refractivity contribution in [1.29, 1.82) is 0 Å². The third kappa shape index (κ3) is 4.53. The Labute approximate surface area is 200 Å². The summed E-state index contributed by atoms with van der Waals surface area (Å²) in [4.78, 5) is 28.1. The number of ether oxygens (including phenoxy) is 2. The van der Waals surface area contributed by atoms with E-state index in [9.17, 15) is 9.59 Å². The van der Waals surface area contributed by atoms with Crippen LogP contribution in [-0.2, 0) is 21.3 Å². The summed E-state index contributed by atoms with van der Waals surface area (Å²) in [6, 6.07) is 15.3. The van der Waals surface area contributed by atoms with Crippen molar-refractivity contribution in [3.63, 3.8) is 0 Å². The Morgan fingerprint density at radius 2 is 1.71 bits per heavy atom. The highest BCUT2D eigenvalue weighted by Gasteiger charge is 2.25. The molecule has 0 aliphatic carbocycles. The molecule has 2 aromatic heterocycles. The first kappa shape index (κ1) is 23.1. The van der Waals surface area contributed by atoms with Gasteiger partial charge in [0, 0.05) is 32.1 Å². The van der Waals surface area contributed by atoms with Crippen molar-refractivity contribution < 1.29 is 19.1 Å². The summed E-state index contributed by atoms with van der Waals surface area (Å²) in [7, 11) is 1.78. The van der Waals surface area contributed by atoms with Crippen molar-refractivity contribution in [2.75, 3.05) is 0 Å². The van der Waals surface area contributed by atoms with Crippen LogP contribution in [0.2, 0.25) is 5.15 Å². The summed E-state index contributed by atoms with van der Waals surface area (Å²) < 4.78 is 13.3. The van der Waals surface area contributed by atoms with Crippen LogP contribution in [-0.4, -0.2) is 48.0 Å². The van der Waals surface area contributed by atoms with E-state index in [2.05, 4.69) is 20.5 Å². The molecule has 1 unspecified atom stereocenters. The lowest BCUT2D eigenvalue weighted by Crippen LogP contribution is -2.22. The van der Waals surface area contributed by atoms with Gasteiger partial charge >= 0.3 is 11.9 Å². The van der Waals surface area contributed by atoms with Gasteiger partial charge in [-0.15, -0.1) is 5.10 Å². The number of hydrogen-bond acceptors (Lipinski definition) is 8. The van der Waals surface area contributed by atoms with Gasteiger partial charge in [-0.25, -0.2) is 14.5 Å². The van der Waals surface area contributed by atoms with Gasteiger partial charge in [-0.2, -0.15) is 0 Å². The molecular weight excluding hydrogens is 460 g/mol. The second kappa shape index (κ2) is 9.44. The largest absolute Gasteiger partial charge is 0.426 e. The van der Waals surface area contributed by atoms with Gasteiger partial charge in [0.15, 0.2) is 16.7 Å². The molecule has 0 aliphatic heterocycles. The number of halogens is 1.